The Morgan fingerprint density at radius 1 is 0.778 bits per heavy atom. The molecule has 2 aliphatic carbocycles. The van der Waals surface area contributed by atoms with Crippen LogP contribution in [0, 0.1) is 17.8 Å². The summed E-state index contributed by atoms with van der Waals surface area (Å²) in [5.74, 6) is 1.58. The first-order chi connectivity index (χ1) is 26.1. The van der Waals surface area contributed by atoms with Gasteiger partial charge in [0, 0.05) is 123 Å². The number of aromatic nitrogens is 2. The van der Waals surface area contributed by atoms with Gasteiger partial charge in [-0.2, -0.15) is 0 Å². The summed E-state index contributed by atoms with van der Waals surface area (Å²) in [6, 6.07) is 16.9. The average Bonchev–Trinajstić information content (AvgIpc) is 4.06. The molecule has 282 valence electrons. The van der Waals surface area contributed by atoms with Crippen LogP contribution in [0.5, 0.6) is 0 Å². The number of likely N-dealkylation sites (tertiary alicyclic amines) is 2. The van der Waals surface area contributed by atoms with Gasteiger partial charge in [-0.25, -0.2) is 0 Å². The van der Waals surface area contributed by atoms with E-state index in [-0.39, 0.29) is 41.0 Å². The van der Waals surface area contributed by atoms with E-state index in [1.165, 1.54) is 11.1 Å². The number of carbonyl (C=O) groups excluding carboxylic acids is 2. The van der Waals surface area contributed by atoms with Crippen LogP contribution < -0.4 is 11.5 Å². The number of fused-ring (bicyclic) bond motifs is 2. The maximum atomic E-state index is 14.1. The minimum atomic E-state index is -0.514. The van der Waals surface area contributed by atoms with Crippen molar-refractivity contribution in [2.24, 2.45) is 39.2 Å². The van der Waals surface area contributed by atoms with Crippen LogP contribution in [0.2, 0.25) is 0 Å². The zero-order chi connectivity index (χ0) is 37.6. The summed E-state index contributed by atoms with van der Waals surface area (Å²) < 4.78 is 0. The van der Waals surface area contributed by atoms with Crippen LogP contribution in [0.3, 0.4) is 0 Å². The molecular weight excluding hydrogens is 673 g/mol. The number of hydrogen-bond acceptors (Lipinski definition) is 8. The first-order valence-corrected chi connectivity index (χ1v) is 19.8. The van der Waals surface area contributed by atoms with Gasteiger partial charge in [0.1, 0.15) is 0 Å². The summed E-state index contributed by atoms with van der Waals surface area (Å²) in [5, 5.41) is 2.24. The van der Waals surface area contributed by atoms with Crippen molar-refractivity contribution in [3.05, 3.63) is 83.2 Å². The van der Waals surface area contributed by atoms with Gasteiger partial charge in [-0.3, -0.25) is 29.5 Å². The van der Waals surface area contributed by atoms with E-state index in [4.69, 9.17) is 21.4 Å². The topological polar surface area (TPSA) is 143 Å². The molecule has 4 fully saturated rings. The average molecular weight is 727 g/mol. The number of nitrogens with two attached hydrogens (primary N) is 2. The van der Waals surface area contributed by atoms with E-state index in [1.54, 1.807) is 14.1 Å². The summed E-state index contributed by atoms with van der Waals surface area (Å²) in [4.78, 5) is 49.8. The third-order valence-corrected chi connectivity index (χ3v) is 12.8. The monoisotopic (exact) mass is 726 g/mol. The lowest BCUT2D eigenvalue weighted by Crippen LogP contribution is -2.46. The Balaban J connectivity index is 0.972. The highest BCUT2D eigenvalue weighted by Crippen LogP contribution is 2.50. The normalized spacial score (nSPS) is 28.0. The number of amides is 2. The highest BCUT2D eigenvalue weighted by molar-refractivity contribution is 6.00. The summed E-state index contributed by atoms with van der Waals surface area (Å²) >= 11 is 0. The maximum Gasteiger partial charge on any atom is 0.224 e. The van der Waals surface area contributed by atoms with Crippen molar-refractivity contribution in [3.63, 3.8) is 0 Å². The Hall–Kier alpha value is -4.54. The molecule has 10 nitrogen and oxygen atoms in total. The predicted molar refractivity (Wildman–Crippen MR) is 216 cm³/mol. The number of nitrogens with zero attached hydrogens (tertiary/aromatic N) is 6. The van der Waals surface area contributed by atoms with Crippen molar-refractivity contribution in [1.29, 1.82) is 0 Å². The van der Waals surface area contributed by atoms with Crippen molar-refractivity contribution in [2.45, 2.75) is 81.2 Å². The highest BCUT2D eigenvalue weighted by Gasteiger charge is 2.54. The number of benzene rings is 2. The van der Waals surface area contributed by atoms with Gasteiger partial charge in [-0.05, 0) is 79.5 Å². The fourth-order valence-corrected chi connectivity index (χ4v) is 9.70. The predicted octanol–water partition coefficient (Wildman–Crippen LogP) is 5.84. The van der Waals surface area contributed by atoms with E-state index in [1.807, 2.05) is 37.0 Å². The summed E-state index contributed by atoms with van der Waals surface area (Å²) in [5.41, 5.74) is 19.0. The molecule has 2 saturated carbocycles. The van der Waals surface area contributed by atoms with Gasteiger partial charge in [-0.15, -0.1) is 0 Å². The fourth-order valence-electron chi connectivity index (χ4n) is 9.70. The zero-order valence-corrected chi connectivity index (χ0v) is 32.0. The second-order valence-corrected chi connectivity index (χ2v) is 17.1. The molecule has 2 unspecified atom stereocenters. The summed E-state index contributed by atoms with van der Waals surface area (Å²) in [7, 11) is 3.55. The number of aliphatic imine (C=N–C) groups is 2. The van der Waals surface area contributed by atoms with Gasteiger partial charge in [0.05, 0.1) is 11.0 Å². The largest absolute Gasteiger partial charge is 0.342 e. The van der Waals surface area contributed by atoms with Gasteiger partial charge < -0.3 is 21.3 Å². The van der Waals surface area contributed by atoms with Crippen LogP contribution in [0.1, 0.15) is 92.4 Å². The number of carbonyl (C=O) groups is 2. The van der Waals surface area contributed by atoms with Crippen molar-refractivity contribution in [1.82, 2.24) is 19.8 Å². The van der Waals surface area contributed by atoms with Crippen LogP contribution in [-0.4, -0.2) is 95.4 Å². The van der Waals surface area contributed by atoms with Gasteiger partial charge in [0.2, 0.25) is 11.8 Å². The van der Waals surface area contributed by atoms with Crippen molar-refractivity contribution in [2.75, 3.05) is 40.3 Å². The Morgan fingerprint density at radius 2 is 1.33 bits per heavy atom. The Morgan fingerprint density at radius 3 is 1.91 bits per heavy atom. The molecule has 4 heterocycles. The van der Waals surface area contributed by atoms with Crippen LogP contribution in [0.25, 0.3) is 21.8 Å². The zero-order valence-electron chi connectivity index (χ0n) is 32.0. The van der Waals surface area contributed by atoms with Crippen molar-refractivity contribution >= 4 is 46.0 Å². The summed E-state index contributed by atoms with van der Waals surface area (Å²) in [6.07, 6.45) is 13.7. The molecule has 4 aromatic rings. The molecule has 2 saturated heterocycles. The second kappa shape index (κ2) is 14.6. The first-order valence-electron chi connectivity index (χ1n) is 19.8. The molecular formula is C44H54N8O2. The van der Waals surface area contributed by atoms with Gasteiger partial charge in [0.25, 0.3) is 0 Å². The smallest absolute Gasteiger partial charge is 0.224 e. The van der Waals surface area contributed by atoms with Gasteiger partial charge in [0.15, 0.2) is 0 Å². The van der Waals surface area contributed by atoms with Gasteiger partial charge >= 0.3 is 0 Å². The molecule has 4 N–H and O–H groups in total. The quantitative estimate of drug-likeness (QED) is 0.197. The molecule has 4 aliphatic rings. The molecule has 0 spiro atoms. The molecule has 0 bridgehead atoms. The minimum Gasteiger partial charge on any atom is -0.342 e. The van der Waals surface area contributed by atoms with E-state index in [0.717, 1.165) is 78.0 Å². The van der Waals surface area contributed by atoms with Gasteiger partial charge in [-0.1, -0.05) is 43.3 Å². The third kappa shape index (κ3) is 7.43. The summed E-state index contributed by atoms with van der Waals surface area (Å²) in [6.45, 7) is 5.06. The molecule has 2 amide bonds. The van der Waals surface area contributed by atoms with E-state index in [0.29, 0.717) is 38.4 Å². The molecule has 6 atom stereocenters. The van der Waals surface area contributed by atoms with Crippen LogP contribution >= 0.6 is 0 Å². The fraction of sp³-hybridized carbons (Fsp3) is 0.500. The first kappa shape index (κ1) is 36.4. The Labute approximate surface area is 318 Å². The lowest BCUT2D eigenvalue weighted by molar-refractivity contribution is -0.134. The molecule has 2 aromatic carbocycles. The van der Waals surface area contributed by atoms with E-state index >= 15 is 0 Å². The van der Waals surface area contributed by atoms with Crippen molar-refractivity contribution < 1.29 is 9.59 Å². The molecule has 2 aromatic heterocycles. The van der Waals surface area contributed by atoms with E-state index in [9.17, 15) is 9.59 Å². The SMILES string of the molecule is CN=Cc1ccc([C@H]2C[C@@H](C)CN(C(=O)CC3(N)CC3C[C@H]3C[C@H](c4ccc(C=NC)c5ncccc45)CN(C(=O)CC4(N)CC4)C3)C2)c2cccnc12. The number of piperidine rings is 2. The number of rotatable bonds is 10. The molecule has 8 rings (SSSR count). The lowest BCUT2D eigenvalue weighted by atomic mass is 9.80. The lowest BCUT2D eigenvalue weighted by Gasteiger charge is -2.39. The minimum absolute atomic E-state index is 0.150. The molecule has 0 radical (unpaired) electrons. The standard InChI is InChI=1S/C44H54N8O2/c1-28-16-32(35-10-8-30(22-47-2)41-37(35)6-4-14-49-41)26-51(24-28)40(54)21-44(46)19-34(44)18-29-17-33(27-52(25-29)39(53)20-43(45)12-13-43)36-11-9-31(23-48-3)42-38(36)7-5-15-50-42/h4-11,14-15,22-23,28-29,32-34H,12-13,16-21,24-27,45-46H2,1-3H3/t28-,29-,32+,33+,34?,44?/m1/s1. The molecule has 10 heteroatoms. The van der Waals surface area contributed by atoms with Crippen LogP contribution in [0.15, 0.2) is 70.9 Å². The van der Waals surface area contributed by atoms with Crippen LogP contribution in [-0.2, 0) is 9.59 Å². The van der Waals surface area contributed by atoms with Crippen LogP contribution in [0.4, 0.5) is 0 Å². The Kier molecular flexibility index (Phi) is 9.85. The second-order valence-electron chi connectivity index (χ2n) is 17.1. The third-order valence-electron chi connectivity index (χ3n) is 12.8. The van der Waals surface area contributed by atoms with E-state index in [2.05, 4.69) is 63.1 Å². The maximum absolute atomic E-state index is 14.1. The molecule has 2 aliphatic heterocycles. The van der Waals surface area contributed by atoms with E-state index < -0.39 is 5.54 Å². The number of pyridine rings is 2. The van der Waals surface area contributed by atoms with Crippen molar-refractivity contribution in [3.8, 4) is 0 Å². The highest BCUT2D eigenvalue weighted by atomic mass is 16.2. The molecule has 54 heavy (non-hydrogen) atoms. The number of hydrogen-bond donors (Lipinski definition) is 2. The Bertz CT molecular complexity index is 2130.